The highest BCUT2D eigenvalue weighted by Gasteiger charge is 2.47. The summed E-state index contributed by atoms with van der Waals surface area (Å²) in [5, 5.41) is 56.6. The van der Waals surface area contributed by atoms with E-state index in [0.717, 1.165) is 96.3 Å². The van der Waals surface area contributed by atoms with E-state index in [0.29, 0.717) is 12.8 Å². The number of unbranched alkanes of at least 4 members (excludes halogenated alkanes) is 18. The Kier molecular flexibility index (Phi) is 41.7. The molecule has 6 N–H and O–H groups in total. The van der Waals surface area contributed by atoms with Crippen LogP contribution in [0.15, 0.2) is 109 Å². The van der Waals surface area contributed by atoms with E-state index >= 15 is 0 Å². The van der Waals surface area contributed by atoms with E-state index in [4.69, 9.17) is 14.2 Å². The molecule has 0 aliphatic carbocycles. The largest absolute Gasteiger partial charge is 0.454 e. The molecule has 1 amide bonds. The van der Waals surface area contributed by atoms with Crippen LogP contribution in [-0.4, -0.2) is 99.6 Å². The summed E-state index contributed by atoms with van der Waals surface area (Å²) in [6, 6.07) is -1.05. The first-order chi connectivity index (χ1) is 33.7. The molecule has 0 aromatic heterocycles. The van der Waals surface area contributed by atoms with Gasteiger partial charge >= 0.3 is 5.97 Å². The first kappa shape index (κ1) is 63.3. The quantitative estimate of drug-likeness (QED) is 0.0149. The van der Waals surface area contributed by atoms with Gasteiger partial charge in [-0.25, -0.2) is 0 Å². The summed E-state index contributed by atoms with van der Waals surface area (Å²) < 4.78 is 17.5. The number of ether oxygens (including phenoxy) is 3. The zero-order valence-electron chi connectivity index (χ0n) is 42.9. The third-order valence-corrected chi connectivity index (χ3v) is 11.9. The zero-order valence-corrected chi connectivity index (χ0v) is 42.9. The van der Waals surface area contributed by atoms with Crippen LogP contribution in [-0.2, 0) is 23.8 Å². The van der Waals surface area contributed by atoms with Crippen LogP contribution in [0.1, 0.15) is 181 Å². The van der Waals surface area contributed by atoms with E-state index in [-0.39, 0.29) is 19.4 Å². The highest BCUT2D eigenvalue weighted by molar-refractivity contribution is 5.80. The molecule has 0 saturated carbocycles. The maximum absolute atomic E-state index is 13.3. The fourth-order valence-electron chi connectivity index (χ4n) is 7.61. The summed E-state index contributed by atoms with van der Waals surface area (Å²) >= 11 is 0. The lowest BCUT2D eigenvalue weighted by Gasteiger charge is -2.41. The average molecular weight is 966 g/mol. The van der Waals surface area contributed by atoms with Gasteiger partial charge in [-0.15, -0.1) is 0 Å². The van der Waals surface area contributed by atoms with Crippen molar-refractivity contribution in [1.82, 2.24) is 5.32 Å². The van der Waals surface area contributed by atoms with Crippen molar-refractivity contribution in [2.75, 3.05) is 13.2 Å². The van der Waals surface area contributed by atoms with E-state index in [9.17, 15) is 35.1 Å². The summed E-state index contributed by atoms with van der Waals surface area (Å²) in [5.74, 6) is -1.26. The molecule has 8 atom stereocenters. The molecule has 1 heterocycles. The number of esters is 1. The predicted octanol–water partition coefficient (Wildman–Crippen LogP) is 11.4. The van der Waals surface area contributed by atoms with Crippen LogP contribution >= 0.6 is 0 Å². The number of aliphatic hydroxyl groups is 5. The molecule has 69 heavy (non-hydrogen) atoms. The van der Waals surface area contributed by atoms with E-state index in [1.807, 2.05) is 72.9 Å². The van der Waals surface area contributed by atoms with Crippen LogP contribution in [0.4, 0.5) is 0 Å². The van der Waals surface area contributed by atoms with Gasteiger partial charge in [-0.1, -0.05) is 220 Å². The minimum atomic E-state index is -1.63. The van der Waals surface area contributed by atoms with E-state index < -0.39 is 67.4 Å². The van der Waals surface area contributed by atoms with Crippen molar-refractivity contribution in [1.29, 1.82) is 0 Å². The summed E-state index contributed by atoms with van der Waals surface area (Å²) in [6.07, 6.45) is 49.9. The molecular formula is C58H95NO10. The molecule has 0 aromatic carbocycles. The number of allylic oxidation sites excluding steroid dienone is 17. The number of hydrogen-bond acceptors (Lipinski definition) is 10. The number of nitrogens with one attached hydrogen (secondary N) is 1. The second-order valence-corrected chi connectivity index (χ2v) is 18.0. The number of carbonyl (C=O) groups is 2. The van der Waals surface area contributed by atoms with Gasteiger partial charge in [0.2, 0.25) is 5.91 Å². The normalized spacial score (nSPS) is 20.7. The van der Waals surface area contributed by atoms with Crippen molar-refractivity contribution >= 4 is 11.9 Å². The Morgan fingerprint density at radius 3 is 1.57 bits per heavy atom. The molecule has 0 aromatic rings. The van der Waals surface area contributed by atoms with Crippen molar-refractivity contribution in [3.05, 3.63) is 109 Å². The minimum Gasteiger partial charge on any atom is -0.454 e. The maximum atomic E-state index is 13.3. The first-order valence-corrected chi connectivity index (χ1v) is 26.8. The molecule has 1 saturated heterocycles. The third kappa shape index (κ3) is 34.3. The minimum absolute atomic E-state index is 0.0980. The molecule has 0 bridgehead atoms. The molecule has 392 valence electrons. The molecule has 1 aliphatic rings. The molecule has 1 fully saturated rings. The van der Waals surface area contributed by atoms with Crippen LogP contribution in [0.2, 0.25) is 0 Å². The van der Waals surface area contributed by atoms with Crippen LogP contribution in [0.5, 0.6) is 0 Å². The maximum Gasteiger partial charge on any atom is 0.306 e. The van der Waals surface area contributed by atoms with Gasteiger partial charge in [0.05, 0.1) is 25.4 Å². The van der Waals surface area contributed by atoms with Crippen molar-refractivity contribution in [2.24, 2.45) is 0 Å². The van der Waals surface area contributed by atoms with E-state index in [1.54, 1.807) is 6.08 Å². The van der Waals surface area contributed by atoms with Crippen LogP contribution in [0.3, 0.4) is 0 Å². The molecule has 1 rings (SSSR count). The molecule has 8 unspecified atom stereocenters. The fraction of sp³-hybridized carbons (Fsp3) is 0.655. The molecule has 0 radical (unpaired) electrons. The third-order valence-electron chi connectivity index (χ3n) is 11.9. The van der Waals surface area contributed by atoms with Crippen molar-refractivity contribution in [3.8, 4) is 0 Å². The number of amides is 1. The fourth-order valence-corrected chi connectivity index (χ4v) is 7.61. The van der Waals surface area contributed by atoms with Gasteiger partial charge in [0.25, 0.3) is 0 Å². The van der Waals surface area contributed by atoms with Gasteiger partial charge in [0.1, 0.15) is 24.4 Å². The predicted molar refractivity (Wildman–Crippen MR) is 282 cm³/mol. The first-order valence-electron chi connectivity index (χ1n) is 26.8. The highest BCUT2D eigenvalue weighted by Crippen LogP contribution is 2.26. The zero-order chi connectivity index (χ0) is 50.4. The SMILES string of the molecule is CC/C=C/C=C/C=C\C=C/C=C/CCCCC(O)C(=O)NC(COC1OC(CO)C(O)C(O)C1OC(=O)CCCCCCCCC/C=C/C=C/C=C/CC)C(O)/C=C/CCCCCCCCCCC. The Morgan fingerprint density at radius 1 is 0.580 bits per heavy atom. The monoisotopic (exact) mass is 966 g/mol. The molecule has 11 heteroatoms. The van der Waals surface area contributed by atoms with E-state index in [1.165, 1.54) is 38.5 Å². The Bertz CT molecular complexity index is 1530. The molecule has 1 aliphatic heterocycles. The molecule has 0 spiro atoms. The van der Waals surface area contributed by atoms with Crippen molar-refractivity contribution in [2.45, 2.75) is 230 Å². The van der Waals surface area contributed by atoms with Crippen LogP contribution < -0.4 is 5.32 Å². The molecule has 11 nitrogen and oxygen atoms in total. The van der Waals surface area contributed by atoms with Gasteiger partial charge in [-0.2, -0.15) is 0 Å². The average Bonchev–Trinajstić information content (AvgIpc) is 3.34. The number of carbonyl (C=O) groups excluding carboxylic acids is 2. The Balaban J connectivity index is 2.81. The highest BCUT2D eigenvalue weighted by atomic mass is 16.7. The Labute approximate surface area is 418 Å². The van der Waals surface area contributed by atoms with Crippen LogP contribution in [0, 0.1) is 0 Å². The smallest absolute Gasteiger partial charge is 0.306 e. The summed E-state index contributed by atoms with van der Waals surface area (Å²) in [6.45, 7) is 5.43. The van der Waals surface area contributed by atoms with Gasteiger partial charge < -0.3 is 45.1 Å². The number of hydrogen-bond donors (Lipinski definition) is 6. The van der Waals surface area contributed by atoms with Crippen LogP contribution in [0.25, 0.3) is 0 Å². The standard InChI is InChI=1S/C58H95NO10/c1-4-7-10-13-16-19-22-24-26-28-31-34-37-40-43-46-53(63)69-56-55(65)54(64)52(47-60)68-58(56)67-48-49(50(61)44-41-38-35-32-29-21-18-15-12-9-6-3)59-57(66)51(62)45-42-39-36-33-30-27-25-23-20-17-14-11-8-5-2/h7-8,10-11,13-14,16-17,19-20,22-23,25,27,30,33,41,44,49-52,54-56,58,60-62,64-65H,4-6,9,12,15,18,21,24,26,28-29,31-32,34-40,42-43,45-48H2,1-3H3,(H,59,66)/b10-7+,11-8+,16-13+,17-14+,22-19+,23-20-,27-25-,33-30+,44-41+. The summed E-state index contributed by atoms with van der Waals surface area (Å²) in [4.78, 5) is 26.4. The van der Waals surface area contributed by atoms with E-state index in [2.05, 4.69) is 56.5 Å². The summed E-state index contributed by atoms with van der Waals surface area (Å²) in [7, 11) is 0. The lowest BCUT2D eigenvalue weighted by atomic mass is 9.99. The number of rotatable bonds is 42. The van der Waals surface area contributed by atoms with Gasteiger partial charge in [0.15, 0.2) is 12.4 Å². The van der Waals surface area contributed by atoms with Crippen molar-refractivity contribution in [3.63, 3.8) is 0 Å². The number of aliphatic hydroxyl groups excluding tert-OH is 5. The second kappa shape index (κ2) is 45.5. The second-order valence-electron chi connectivity index (χ2n) is 18.0. The Hall–Kier alpha value is -3.68. The van der Waals surface area contributed by atoms with Gasteiger partial charge in [-0.05, 0) is 64.2 Å². The molecular weight excluding hydrogens is 871 g/mol. The van der Waals surface area contributed by atoms with Crippen molar-refractivity contribution < 1.29 is 49.3 Å². The Morgan fingerprint density at radius 2 is 1.04 bits per heavy atom. The topological polar surface area (TPSA) is 175 Å². The lowest BCUT2D eigenvalue weighted by Crippen LogP contribution is -2.61. The van der Waals surface area contributed by atoms with Gasteiger partial charge in [-0.3, -0.25) is 9.59 Å². The van der Waals surface area contributed by atoms with Gasteiger partial charge in [0, 0.05) is 6.42 Å². The lowest BCUT2D eigenvalue weighted by molar-refractivity contribution is -0.305. The summed E-state index contributed by atoms with van der Waals surface area (Å²) in [5.41, 5.74) is 0.